The van der Waals surface area contributed by atoms with Gasteiger partial charge in [-0.3, -0.25) is 9.48 Å². The minimum Gasteiger partial charge on any atom is -0.339 e. The third kappa shape index (κ3) is 3.62. The number of rotatable bonds is 4. The van der Waals surface area contributed by atoms with Crippen LogP contribution < -0.4 is 5.32 Å². The largest absolute Gasteiger partial charge is 0.339 e. The van der Waals surface area contributed by atoms with Crippen LogP contribution in [-0.4, -0.2) is 40.7 Å². The van der Waals surface area contributed by atoms with Gasteiger partial charge in [-0.05, 0) is 18.1 Å². The number of aromatic nitrogens is 2. The number of amides is 1. The molecule has 0 bridgehead atoms. The topological polar surface area (TPSA) is 50.2 Å². The van der Waals surface area contributed by atoms with Crippen LogP contribution in [0.1, 0.15) is 30.0 Å². The van der Waals surface area contributed by atoms with Gasteiger partial charge in [0.1, 0.15) is 0 Å². The Bertz CT molecular complexity index is 673. The number of halogens is 1. The van der Waals surface area contributed by atoms with E-state index in [9.17, 15) is 4.79 Å². The van der Waals surface area contributed by atoms with Crippen molar-refractivity contribution in [3.63, 3.8) is 0 Å². The highest BCUT2D eigenvalue weighted by Crippen LogP contribution is 2.31. The van der Waals surface area contributed by atoms with Gasteiger partial charge in [-0.2, -0.15) is 5.10 Å². The molecule has 0 aliphatic carbocycles. The normalized spacial score (nSPS) is 21.1. The molecule has 6 heteroatoms. The fraction of sp³-hybridized carbons (Fsp3) is 0.444. The van der Waals surface area contributed by atoms with Crippen molar-refractivity contribution in [3.8, 4) is 0 Å². The molecule has 2 aromatic rings. The van der Waals surface area contributed by atoms with Crippen LogP contribution >= 0.6 is 12.4 Å². The lowest BCUT2D eigenvalue weighted by Gasteiger charge is -2.29. The van der Waals surface area contributed by atoms with Crippen LogP contribution in [0.2, 0.25) is 0 Å². The van der Waals surface area contributed by atoms with Crippen molar-refractivity contribution in [2.24, 2.45) is 13.0 Å². The molecule has 1 saturated heterocycles. The zero-order valence-electron chi connectivity index (χ0n) is 14.3. The van der Waals surface area contributed by atoms with E-state index in [2.05, 4.69) is 29.5 Å². The van der Waals surface area contributed by atoms with Crippen LogP contribution in [0.5, 0.6) is 0 Å². The summed E-state index contributed by atoms with van der Waals surface area (Å²) in [6.07, 6.45) is 3.89. The molecule has 24 heavy (non-hydrogen) atoms. The number of nitrogens with one attached hydrogen (secondary N) is 1. The van der Waals surface area contributed by atoms with Crippen molar-refractivity contribution >= 4 is 18.3 Å². The summed E-state index contributed by atoms with van der Waals surface area (Å²) in [5.41, 5.74) is 2.30. The van der Waals surface area contributed by atoms with Gasteiger partial charge in [-0.25, -0.2) is 0 Å². The van der Waals surface area contributed by atoms with Crippen LogP contribution in [0.25, 0.3) is 0 Å². The molecule has 1 aliphatic heterocycles. The molecule has 1 fully saturated rings. The van der Waals surface area contributed by atoms with Gasteiger partial charge in [0.15, 0.2) is 0 Å². The summed E-state index contributed by atoms with van der Waals surface area (Å²) in [4.78, 5) is 14.9. The van der Waals surface area contributed by atoms with Crippen LogP contribution in [0.15, 0.2) is 42.7 Å². The van der Waals surface area contributed by atoms with Crippen molar-refractivity contribution in [1.29, 1.82) is 0 Å². The Morgan fingerprint density at radius 3 is 2.67 bits per heavy atom. The molecule has 1 aliphatic rings. The number of hydrogen-bond donors (Lipinski definition) is 1. The SMILES string of the molecule is CC(c1ccccc1)N(C)C(=O)[C@H]1CNC[C@@H]1c1cnn(C)c1.Cl. The Balaban J connectivity index is 0.00000208. The van der Waals surface area contributed by atoms with Gasteiger partial charge >= 0.3 is 0 Å². The zero-order chi connectivity index (χ0) is 16.4. The number of benzene rings is 1. The van der Waals surface area contributed by atoms with Crippen LogP contribution in [0, 0.1) is 5.92 Å². The Kier molecular flexibility index (Phi) is 6.02. The molecule has 1 aromatic heterocycles. The maximum atomic E-state index is 13.0. The van der Waals surface area contributed by atoms with E-state index in [-0.39, 0.29) is 36.2 Å². The van der Waals surface area contributed by atoms with Gasteiger partial charge in [0.05, 0.1) is 18.2 Å². The minimum absolute atomic E-state index is 0. The molecule has 0 spiro atoms. The van der Waals surface area contributed by atoms with Crippen molar-refractivity contribution in [1.82, 2.24) is 20.0 Å². The Labute approximate surface area is 149 Å². The third-order valence-electron chi connectivity index (χ3n) is 4.89. The molecule has 5 nitrogen and oxygen atoms in total. The number of hydrogen-bond acceptors (Lipinski definition) is 3. The lowest BCUT2D eigenvalue weighted by atomic mass is 9.89. The summed E-state index contributed by atoms with van der Waals surface area (Å²) in [5, 5.41) is 7.61. The van der Waals surface area contributed by atoms with Gasteiger partial charge < -0.3 is 10.2 Å². The summed E-state index contributed by atoms with van der Waals surface area (Å²) in [6, 6.07) is 10.2. The predicted molar refractivity (Wildman–Crippen MR) is 97.2 cm³/mol. The summed E-state index contributed by atoms with van der Waals surface area (Å²) >= 11 is 0. The number of carbonyl (C=O) groups is 1. The first-order valence-electron chi connectivity index (χ1n) is 8.09. The molecular weight excluding hydrogens is 324 g/mol. The summed E-state index contributed by atoms with van der Waals surface area (Å²) in [6.45, 7) is 3.63. The Hall–Kier alpha value is -1.85. The van der Waals surface area contributed by atoms with Gasteiger partial charge in [-0.15, -0.1) is 12.4 Å². The smallest absolute Gasteiger partial charge is 0.227 e. The highest BCUT2D eigenvalue weighted by Gasteiger charge is 2.37. The van der Waals surface area contributed by atoms with E-state index in [1.54, 1.807) is 4.68 Å². The second-order valence-corrected chi connectivity index (χ2v) is 6.35. The predicted octanol–water partition coefficient (Wildman–Crippen LogP) is 2.36. The molecule has 1 N–H and O–H groups in total. The molecule has 0 saturated carbocycles. The third-order valence-corrected chi connectivity index (χ3v) is 4.89. The van der Waals surface area contributed by atoms with Gasteiger partial charge in [-0.1, -0.05) is 30.3 Å². The molecule has 3 rings (SSSR count). The van der Waals surface area contributed by atoms with Crippen LogP contribution in [0.3, 0.4) is 0 Å². The first kappa shape index (κ1) is 18.5. The van der Waals surface area contributed by atoms with Crippen molar-refractivity contribution < 1.29 is 4.79 Å². The van der Waals surface area contributed by atoms with E-state index in [1.165, 1.54) is 0 Å². The summed E-state index contributed by atoms with van der Waals surface area (Å²) in [5.74, 6) is 0.359. The maximum absolute atomic E-state index is 13.0. The molecule has 0 radical (unpaired) electrons. The fourth-order valence-electron chi connectivity index (χ4n) is 3.33. The Morgan fingerprint density at radius 1 is 1.33 bits per heavy atom. The molecule has 1 unspecified atom stereocenters. The fourth-order valence-corrected chi connectivity index (χ4v) is 3.33. The molecule has 3 atom stereocenters. The van der Waals surface area contributed by atoms with E-state index in [4.69, 9.17) is 0 Å². The monoisotopic (exact) mass is 348 g/mol. The standard InChI is InChI=1S/C18H24N4O.ClH/c1-13(14-7-5-4-6-8-14)22(3)18(23)17-11-19-10-16(17)15-9-20-21(2)12-15;/h4-9,12-13,16-17,19H,10-11H2,1-3H3;1H/t13?,16-,17+;/m1./s1. The lowest BCUT2D eigenvalue weighted by Crippen LogP contribution is -2.37. The first-order valence-corrected chi connectivity index (χ1v) is 8.09. The van der Waals surface area contributed by atoms with Crippen molar-refractivity contribution in [2.75, 3.05) is 20.1 Å². The molecular formula is C18H25ClN4O. The van der Waals surface area contributed by atoms with E-state index in [1.807, 2.05) is 49.6 Å². The number of nitrogens with zero attached hydrogens (tertiary/aromatic N) is 3. The zero-order valence-corrected chi connectivity index (χ0v) is 15.2. The van der Waals surface area contributed by atoms with Crippen molar-refractivity contribution in [2.45, 2.75) is 18.9 Å². The number of aryl methyl sites for hydroxylation is 1. The average molecular weight is 349 g/mol. The second kappa shape index (κ2) is 7.81. The average Bonchev–Trinajstić information content (AvgIpc) is 3.22. The summed E-state index contributed by atoms with van der Waals surface area (Å²) in [7, 11) is 3.81. The van der Waals surface area contributed by atoms with Gasteiger partial charge in [0.25, 0.3) is 0 Å². The molecule has 1 amide bonds. The maximum Gasteiger partial charge on any atom is 0.227 e. The minimum atomic E-state index is -0.0321. The summed E-state index contributed by atoms with van der Waals surface area (Å²) < 4.78 is 1.80. The van der Waals surface area contributed by atoms with E-state index >= 15 is 0 Å². The van der Waals surface area contributed by atoms with Gasteiger partial charge in [0.2, 0.25) is 5.91 Å². The van der Waals surface area contributed by atoms with Gasteiger partial charge in [0, 0.05) is 39.3 Å². The second-order valence-electron chi connectivity index (χ2n) is 6.35. The van der Waals surface area contributed by atoms with E-state index in [0.717, 1.165) is 24.2 Å². The quantitative estimate of drug-likeness (QED) is 0.922. The highest BCUT2D eigenvalue weighted by atomic mass is 35.5. The van der Waals surface area contributed by atoms with E-state index < -0.39 is 0 Å². The lowest BCUT2D eigenvalue weighted by molar-refractivity contribution is -0.136. The molecule has 130 valence electrons. The number of carbonyl (C=O) groups excluding carboxylic acids is 1. The molecule has 2 heterocycles. The molecule has 1 aromatic carbocycles. The Morgan fingerprint density at radius 2 is 2.04 bits per heavy atom. The van der Waals surface area contributed by atoms with Crippen molar-refractivity contribution in [3.05, 3.63) is 53.9 Å². The highest BCUT2D eigenvalue weighted by molar-refractivity contribution is 5.85. The first-order chi connectivity index (χ1) is 11.1. The van der Waals surface area contributed by atoms with Crippen LogP contribution in [-0.2, 0) is 11.8 Å². The van der Waals surface area contributed by atoms with Crippen LogP contribution in [0.4, 0.5) is 0 Å². The van der Waals surface area contributed by atoms with E-state index in [0.29, 0.717) is 0 Å².